The van der Waals surface area contributed by atoms with Crippen molar-refractivity contribution in [1.82, 2.24) is 9.97 Å². The molecule has 2 aromatic heterocycles. The van der Waals surface area contributed by atoms with Crippen molar-refractivity contribution in [2.24, 2.45) is 5.92 Å². The average molecular weight is 319 g/mol. The molecular formula is C20H21N3O. The first-order valence-corrected chi connectivity index (χ1v) is 8.48. The van der Waals surface area contributed by atoms with E-state index < -0.39 is 0 Å². The molecule has 2 N–H and O–H groups in total. The van der Waals surface area contributed by atoms with Crippen LogP contribution in [-0.4, -0.2) is 27.2 Å². The number of fused-ring (bicyclic) bond motifs is 1. The summed E-state index contributed by atoms with van der Waals surface area (Å²) in [4.78, 5) is 8.90. The number of benzene rings is 1. The molecule has 1 atom stereocenters. The molecule has 1 aliphatic carbocycles. The Bertz CT molecular complexity index is 810. The van der Waals surface area contributed by atoms with E-state index in [2.05, 4.69) is 27.4 Å². The zero-order valence-corrected chi connectivity index (χ0v) is 13.5. The third kappa shape index (κ3) is 3.10. The smallest absolute Gasteiger partial charge is 0.0722 e. The molecule has 0 spiro atoms. The molecule has 1 aliphatic rings. The van der Waals surface area contributed by atoms with Crippen molar-refractivity contribution in [2.45, 2.75) is 31.4 Å². The van der Waals surface area contributed by atoms with Gasteiger partial charge in [-0.25, -0.2) is 0 Å². The van der Waals surface area contributed by atoms with Crippen LogP contribution in [0.3, 0.4) is 0 Å². The number of hydrogen-bond donors (Lipinski definition) is 2. The monoisotopic (exact) mass is 319 g/mol. The minimum absolute atomic E-state index is 0.155. The van der Waals surface area contributed by atoms with Crippen LogP contribution in [0.5, 0.6) is 0 Å². The number of nitrogens with zero attached hydrogens (tertiary/aromatic N) is 2. The number of aromatic nitrogens is 2. The van der Waals surface area contributed by atoms with Crippen LogP contribution in [0.1, 0.15) is 18.5 Å². The molecular weight excluding hydrogens is 298 g/mol. The van der Waals surface area contributed by atoms with E-state index in [0.29, 0.717) is 5.92 Å². The molecule has 0 radical (unpaired) electrons. The molecule has 0 bridgehead atoms. The highest BCUT2D eigenvalue weighted by atomic mass is 16.3. The molecule has 0 unspecified atom stereocenters. The first kappa shape index (κ1) is 15.1. The van der Waals surface area contributed by atoms with Crippen molar-refractivity contribution in [3.8, 4) is 0 Å². The van der Waals surface area contributed by atoms with E-state index in [1.165, 1.54) is 0 Å². The standard InChI is InChI=1S/C20H21N3O/c24-16-11-14(12-16)20(13-15-5-3-4-9-21-15)23-19-8-10-22-18-7-2-1-6-17(18)19/h1-10,14,16,20,24H,11-13H2,(H,22,23)/t14?,16?,20-/m0/s1. The fraction of sp³-hybridized carbons (Fsp3) is 0.300. The Kier molecular flexibility index (Phi) is 4.13. The molecule has 0 aliphatic heterocycles. The molecule has 24 heavy (non-hydrogen) atoms. The van der Waals surface area contributed by atoms with Gasteiger partial charge in [0.25, 0.3) is 0 Å². The lowest BCUT2D eigenvalue weighted by Crippen LogP contribution is -2.42. The Labute approximate surface area is 141 Å². The summed E-state index contributed by atoms with van der Waals surface area (Å²) in [5, 5.41) is 14.6. The number of para-hydroxylation sites is 1. The lowest BCUT2D eigenvalue weighted by molar-refractivity contribution is 0.0341. The first-order valence-electron chi connectivity index (χ1n) is 8.48. The van der Waals surface area contributed by atoms with Gasteiger partial charge in [-0.3, -0.25) is 9.97 Å². The second-order valence-electron chi connectivity index (χ2n) is 6.54. The minimum atomic E-state index is -0.155. The summed E-state index contributed by atoms with van der Waals surface area (Å²) >= 11 is 0. The topological polar surface area (TPSA) is 58.0 Å². The van der Waals surface area contributed by atoms with Gasteiger partial charge in [0.2, 0.25) is 0 Å². The summed E-state index contributed by atoms with van der Waals surface area (Å²) in [7, 11) is 0. The zero-order chi connectivity index (χ0) is 16.4. The molecule has 3 aromatic rings. The number of pyridine rings is 2. The molecule has 4 nitrogen and oxygen atoms in total. The van der Waals surface area contributed by atoms with Gasteiger partial charge in [-0.1, -0.05) is 24.3 Å². The first-order chi connectivity index (χ1) is 11.8. The second-order valence-corrected chi connectivity index (χ2v) is 6.54. The van der Waals surface area contributed by atoms with Gasteiger partial charge in [0, 0.05) is 41.6 Å². The van der Waals surface area contributed by atoms with Crippen molar-refractivity contribution >= 4 is 16.6 Å². The summed E-state index contributed by atoms with van der Waals surface area (Å²) in [6.45, 7) is 0. The fourth-order valence-electron chi connectivity index (χ4n) is 3.46. The Hall–Kier alpha value is -2.46. The van der Waals surface area contributed by atoms with E-state index in [4.69, 9.17) is 0 Å². The van der Waals surface area contributed by atoms with Crippen LogP contribution < -0.4 is 5.32 Å². The highest BCUT2D eigenvalue weighted by molar-refractivity contribution is 5.91. The molecule has 1 fully saturated rings. The van der Waals surface area contributed by atoms with Crippen molar-refractivity contribution < 1.29 is 5.11 Å². The van der Waals surface area contributed by atoms with Crippen LogP contribution in [0.4, 0.5) is 5.69 Å². The van der Waals surface area contributed by atoms with E-state index in [0.717, 1.165) is 41.5 Å². The van der Waals surface area contributed by atoms with Crippen molar-refractivity contribution in [1.29, 1.82) is 0 Å². The highest BCUT2D eigenvalue weighted by Gasteiger charge is 2.34. The Morgan fingerprint density at radius 2 is 1.83 bits per heavy atom. The van der Waals surface area contributed by atoms with Gasteiger partial charge in [-0.05, 0) is 43.0 Å². The Morgan fingerprint density at radius 1 is 1.00 bits per heavy atom. The van der Waals surface area contributed by atoms with E-state index in [1.54, 1.807) is 0 Å². The van der Waals surface area contributed by atoms with E-state index >= 15 is 0 Å². The quantitative estimate of drug-likeness (QED) is 0.756. The average Bonchev–Trinajstić information content (AvgIpc) is 2.60. The van der Waals surface area contributed by atoms with Crippen LogP contribution >= 0.6 is 0 Å². The van der Waals surface area contributed by atoms with Gasteiger partial charge >= 0.3 is 0 Å². The van der Waals surface area contributed by atoms with Crippen LogP contribution in [0.25, 0.3) is 10.9 Å². The normalized spacial score (nSPS) is 21.2. The Balaban J connectivity index is 1.61. The van der Waals surface area contributed by atoms with Gasteiger partial charge in [-0.15, -0.1) is 0 Å². The van der Waals surface area contributed by atoms with Gasteiger partial charge in [0.1, 0.15) is 0 Å². The van der Waals surface area contributed by atoms with Gasteiger partial charge in [0.05, 0.1) is 11.6 Å². The molecule has 1 aromatic carbocycles. The number of aliphatic hydroxyl groups is 1. The predicted octanol–water partition coefficient (Wildman–Crippen LogP) is 3.42. The zero-order valence-electron chi connectivity index (χ0n) is 13.5. The number of hydrogen-bond acceptors (Lipinski definition) is 4. The van der Waals surface area contributed by atoms with Crippen molar-refractivity contribution in [3.63, 3.8) is 0 Å². The van der Waals surface area contributed by atoms with Crippen molar-refractivity contribution in [3.05, 3.63) is 66.6 Å². The maximum Gasteiger partial charge on any atom is 0.0722 e. The van der Waals surface area contributed by atoms with E-state index in [-0.39, 0.29) is 12.1 Å². The molecule has 4 heteroatoms. The van der Waals surface area contributed by atoms with Gasteiger partial charge in [-0.2, -0.15) is 0 Å². The highest BCUT2D eigenvalue weighted by Crippen LogP contribution is 2.34. The number of nitrogens with one attached hydrogen (secondary N) is 1. The molecule has 4 rings (SSSR count). The summed E-state index contributed by atoms with van der Waals surface area (Å²) < 4.78 is 0. The second kappa shape index (κ2) is 6.57. The largest absolute Gasteiger partial charge is 0.393 e. The van der Waals surface area contributed by atoms with Gasteiger partial charge in [0.15, 0.2) is 0 Å². The van der Waals surface area contributed by atoms with Crippen LogP contribution in [-0.2, 0) is 6.42 Å². The lowest BCUT2D eigenvalue weighted by atomic mass is 9.75. The Morgan fingerprint density at radius 3 is 2.62 bits per heavy atom. The van der Waals surface area contributed by atoms with Gasteiger partial charge < -0.3 is 10.4 Å². The van der Waals surface area contributed by atoms with Crippen LogP contribution in [0.15, 0.2) is 60.9 Å². The third-order valence-corrected chi connectivity index (χ3v) is 4.86. The third-order valence-electron chi connectivity index (χ3n) is 4.86. The summed E-state index contributed by atoms with van der Waals surface area (Å²) in [5.41, 5.74) is 3.17. The summed E-state index contributed by atoms with van der Waals surface area (Å²) in [6.07, 6.45) is 6.09. The SMILES string of the molecule is OC1CC([C@H](Cc2ccccn2)Nc2ccnc3ccccc23)C1. The molecule has 0 amide bonds. The fourth-order valence-corrected chi connectivity index (χ4v) is 3.46. The summed E-state index contributed by atoms with van der Waals surface area (Å²) in [5.74, 6) is 0.467. The molecule has 2 heterocycles. The van der Waals surface area contributed by atoms with Crippen molar-refractivity contribution in [2.75, 3.05) is 5.32 Å². The number of anilines is 1. The lowest BCUT2D eigenvalue weighted by Gasteiger charge is -2.38. The maximum absolute atomic E-state index is 9.72. The van der Waals surface area contributed by atoms with E-state index in [9.17, 15) is 5.11 Å². The van der Waals surface area contributed by atoms with E-state index in [1.807, 2.05) is 48.8 Å². The molecule has 1 saturated carbocycles. The van der Waals surface area contributed by atoms with Crippen LogP contribution in [0, 0.1) is 5.92 Å². The van der Waals surface area contributed by atoms with Crippen LogP contribution in [0.2, 0.25) is 0 Å². The molecule has 0 saturated heterocycles. The minimum Gasteiger partial charge on any atom is -0.393 e. The predicted molar refractivity (Wildman–Crippen MR) is 95.8 cm³/mol. The maximum atomic E-state index is 9.72. The number of rotatable bonds is 5. The number of aliphatic hydroxyl groups excluding tert-OH is 1. The molecule has 122 valence electrons. The summed E-state index contributed by atoms with van der Waals surface area (Å²) in [6, 6.07) is 16.5.